The van der Waals surface area contributed by atoms with Crippen molar-refractivity contribution >= 4 is 23.4 Å². The van der Waals surface area contributed by atoms with E-state index >= 15 is 0 Å². The van der Waals surface area contributed by atoms with E-state index in [1.165, 1.54) is 0 Å². The molecule has 0 aromatic heterocycles. The summed E-state index contributed by atoms with van der Waals surface area (Å²) in [5, 5.41) is 3.56. The van der Waals surface area contributed by atoms with Crippen LogP contribution >= 0.6 is 11.6 Å². The number of halogens is 1. The van der Waals surface area contributed by atoms with Crippen molar-refractivity contribution in [2.75, 3.05) is 26.8 Å². The van der Waals surface area contributed by atoms with Crippen molar-refractivity contribution in [2.24, 2.45) is 11.8 Å². The molecule has 1 aromatic carbocycles. The lowest BCUT2D eigenvalue weighted by Crippen LogP contribution is -2.44. The van der Waals surface area contributed by atoms with E-state index in [2.05, 4.69) is 5.32 Å². The van der Waals surface area contributed by atoms with Crippen molar-refractivity contribution in [3.05, 3.63) is 47.0 Å². The second kappa shape index (κ2) is 7.26. The van der Waals surface area contributed by atoms with Gasteiger partial charge >= 0.3 is 0 Å². The molecule has 4 unspecified atom stereocenters. The van der Waals surface area contributed by atoms with Gasteiger partial charge in [0.05, 0.1) is 24.5 Å². The molecule has 3 aliphatic rings. The third-order valence-electron chi connectivity index (χ3n) is 5.62. The number of rotatable bonds is 7. The van der Waals surface area contributed by atoms with Gasteiger partial charge in [-0.05, 0) is 18.1 Å². The molecule has 0 radical (unpaired) electrons. The zero-order valence-corrected chi connectivity index (χ0v) is 15.9. The van der Waals surface area contributed by atoms with Crippen molar-refractivity contribution in [3.8, 4) is 0 Å². The molecule has 1 aromatic rings. The maximum atomic E-state index is 13.1. The van der Waals surface area contributed by atoms with Crippen molar-refractivity contribution in [3.63, 3.8) is 0 Å². The Bertz CT molecular complexity index is 783. The van der Waals surface area contributed by atoms with Gasteiger partial charge in [-0.15, -0.1) is 0 Å². The summed E-state index contributed by atoms with van der Waals surface area (Å²) in [6.07, 6.45) is 4.28. The van der Waals surface area contributed by atoms with Gasteiger partial charge in [0.2, 0.25) is 11.8 Å². The van der Waals surface area contributed by atoms with Crippen LogP contribution in [0.3, 0.4) is 0 Å². The number of nitrogens with one attached hydrogen (secondary N) is 1. The summed E-state index contributed by atoms with van der Waals surface area (Å²) in [6.45, 7) is 1.97. The molecule has 0 saturated carbocycles. The highest BCUT2D eigenvalue weighted by molar-refractivity contribution is 6.31. The first-order valence-electron chi connectivity index (χ1n) is 9.22. The fourth-order valence-corrected chi connectivity index (χ4v) is 4.59. The molecule has 6 nitrogen and oxygen atoms in total. The Balaban J connectivity index is 1.49. The Kier molecular flexibility index (Phi) is 4.97. The molecule has 4 atom stereocenters. The van der Waals surface area contributed by atoms with E-state index in [4.69, 9.17) is 21.1 Å². The summed E-state index contributed by atoms with van der Waals surface area (Å²) in [5.74, 6) is -1.13. The number of benzene rings is 1. The maximum Gasteiger partial charge on any atom is 0.230 e. The van der Waals surface area contributed by atoms with Crippen molar-refractivity contribution < 1.29 is 19.1 Å². The molecule has 3 aliphatic heterocycles. The Morgan fingerprint density at radius 1 is 1.44 bits per heavy atom. The molecule has 7 heteroatoms. The van der Waals surface area contributed by atoms with Gasteiger partial charge in [0.25, 0.3) is 0 Å². The first-order chi connectivity index (χ1) is 13.1. The van der Waals surface area contributed by atoms with E-state index in [1.54, 1.807) is 12.0 Å². The van der Waals surface area contributed by atoms with Crippen LogP contribution in [0, 0.1) is 11.8 Å². The largest absolute Gasteiger partial charge is 0.385 e. The third kappa shape index (κ3) is 3.16. The van der Waals surface area contributed by atoms with E-state index in [9.17, 15) is 9.59 Å². The van der Waals surface area contributed by atoms with Crippen LogP contribution in [0.15, 0.2) is 36.4 Å². The van der Waals surface area contributed by atoms with E-state index < -0.39 is 17.4 Å². The second-order valence-corrected chi connectivity index (χ2v) is 7.73. The minimum Gasteiger partial charge on any atom is -0.385 e. The molecular formula is C20H23ClN2O4. The van der Waals surface area contributed by atoms with Gasteiger partial charge in [-0.25, -0.2) is 0 Å². The molecular weight excluding hydrogens is 368 g/mol. The smallest absolute Gasteiger partial charge is 0.230 e. The lowest BCUT2D eigenvalue weighted by molar-refractivity contribution is -0.137. The van der Waals surface area contributed by atoms with Crippen molar-refractivity contribution in [1.82, 2.24) is 10.2 Å². The molecule has 27 heavy (non-hydrogen) atoms. The molecule has 1 N–H and O–H groups in total. The van der Waals surface area contributed by atoms with E-state index in [-0.39, 0.29) is 17.9 Å². The van der Waals surface area contributed by atoms with Crippen molar-refractivity contribution in [1.29, 1.82) is 0 Å². The maximum absolute atomic E-state index is 13.1. The average molecular weight is 391 g/mol. The normalized spacial score (nSPS) is 30.8. The number of fused-ring (bicyclic) bond motifs is 1. The first kappa shape index (κ1) is 18.5. The second-order valence-electron chi connectivity index (χ2n) is 7.32. The summed E-state index contributed by atoms with van der Waals surface area (Å²) in [7, 11) is 1.63. The summed E-state index contributed by atoms with van der Waals surface area (Å²) >= 11 is 6.25. The van der Waals surface area contributed by atoms with E-state index in [0.29, 0.717) is 31.3 Å². The van der Waals surface area contributed by atoms with Crippen LogP contribution in [0.2, 0.25) is 5.02 Å². The predicted molar refractivity (Wildman–Crippen MR) is 100 cm³/mol. The van der Waals surface area contributed by atoms with Crippen LogP contribution in [-0.2, 0) is 25.6 Å². The highest BCUT2D eigenvalue weighted by Gasteiger charge is 2.66. The predicted octanol–water partition coefficient (Wildman–Crippen LogP) is 1.77. The van der Waals surface area contributed by atoms with Crippen molar-refractivity contribution in [2.45, 2.75) is 24.7 Å². The molecule has 2 saturated heterocycles. The van der Waals surface area contributed by atoms with Crippen LogP contribution in [0.4, 0.5) is 0 Å². The van der Waals surface area contributed by atoms with E-state index in [0.717, 1.165) is 12.0 Å². The monoisotopic (exact) mass is 390 g/mol. The zero-order chi connectivity index (χ0) is 19.0. The quantitative estimate of drug-likeness (QED) is 0.569. The number of hydrogen-bond acceptors (Lipinski definition) is 4. The molecule has 2 fully saturated rings. The van der Waals surface area contributed by atoms with E-state index in [1.807, 2.05) is 36.4 Å². The Morgan fingerprint density at radius 3 is 3.04 bits per heavy atom. The number of carbonyl (C=O) groups excluding carboxylic acids is 2. The Labute approximate surface area is 163 Å². The zero-order valence-electron chi connectivity index (χ0n) is 15.2. The van der Waals surface area contributed by atoms with Crippen LogP contribution < -0.4 is 5.32 Å². The number of ether oxygens (including phenoxy) is 2. The number of hydrogen-bond donors (Lipinski definition) is 1. The molecule has 4 rings (SSSR count). The van der Waals surface area contributed by atoms with Crippen LogP contribution in [0.1, 0.15) is 12.0 Å². The molecule has 144 valence electrons. The number of nitrogens with zero attached hydrogens (tertiary/aromatic N) is 1. The van der Waals surface area contributed by atoms with Gasteiger partial charge < -0.3 is 19.7 Å². The topological polar surface area (TPSA) is 67.9 Å². The van der Waals surface area contributed by atoms with Gasteiger partial charge in [0.15, 0.2) is 0 Å². The minimum atomic E-state index is -0.697. The number of methoxy groups -OCH3 is 1. The van der Waals surface area contributed by atoms with Crippen LogP contribution in [0.5, 0.6) is 0 Å². The Hall–Kier alpha value is -1.89. The molecule has 2 bridgehead atoms. The fourth-order valence-electron chi connectivity index (χ4n) is 4.39. The minimum absolute atomic E-state index is 0.0428. The van der Waals surface area contributed by atoms with Crippen LogP contribution in [0.25, 0.3) is 0 Å². The summed E-state index contributed by atoms with van der Waals surface area (Å²) in [5.41, 5.74) is 0.195. The first-order valence-corrected chi connectivity index (χ1v) is 9.59. The SMILES string of the molecule is COCCCNC(=O)C1C2C=CC3(CN(Cc4ccccc4Cl)C(=O)C13)O2. The number of amides is 2. The standard InChI is InChI=1S/C20H23ClN2O4/c1-26-10-4-9-22-18(24)16-15-7-8-20(27-15)12-23(19(25)17(16)20)11-13-5-2-3-6-14(13)21/h2-3,5-8,15-17H,4,9-12H2,1H3,(H,22,24). The number of carbonyl (C=O) groups is 2. The van der Waals surface area contributed by atoms with Gasteiger partial charge in [-0.2, -0.15) is 0 Å². The van der Waals surface area contributed by atoms with Crippen LogP contribution in [-0.4, -0.2) is 55.2 Å². The lowest BCUT2D eigenvalue weighted by atomic mass is 9.77. The average Bonchev–Trinajstić information content (AvgIpc) is 3.29. The van der Waals surface area contributed by atoms with Gasteiger partial charge in [0.1, 0.15) is 5.60 Å². The summed E-state index contributed by atoms with van der Waals surface area (Å²) in [4.78, 5) is 27.6. The van der Waals surface area contributed by atoms with Gasteiger partial charge in [0, 0.05) is 31.8 Å². The highest BCUT2D eigenvalue weighted by atomic mass is 35.5. The molecule has 2 amide bonds. The fraction of sp³-hybridized carbons (Fsp3) is 0.500. The summed E-state index contributed by atoms with van der Waals surface area (Å²) < 4.78 is 11.1. The molecule has 3 heterocycles. The highest BCUT2D eigenvalue weighted by Crippen LogP contribution is 2.52. The van der Waals surface area contributed by atoms with Gasteiger partial charge in [-0.3, -0.25) is 9.59 Å². The molecule has 0 aliphatic carbocycles. The Morgan fingerprint density at radius 2 is 2.26 bits per heavy atom. The van der Waals surface area contributed by atoms with Gasteiger partial charge in [-0.1, -0.05) is 42.0 Å². The molecule has 1 spiro atoms. The lowest BCUT2D eigenvalue weighted by Gasteiger charge is -2.23. The number of likely N-dealkylation sites (tertiary alicyclic amines) is 1. The summed E-state index contributed by atoms with van der Waals surface area (Å²) in [6, 6.07) is 7.49. The third-order valence-corrected chi connectivity index (χ3v) is 5.99.